The number of allylic oxidation sites excluding steroid dienone is 2. The van der Waals surface area contributed by atoms with Crippen LogP contribution in [-0.2, 0) is 18.9 Å². The predicted octanol–water partition coefficient (Wildman–Crippen LogP) is 0.00390. The van der Waals surface area contributed by atoms with E-state index in [1.54, 1.807) is 19.1 Å². The molecule has 0 radical (unpaired) electrons. The van der Waals surface area contributed by atoms with Crippen molar-refractivity contribution in [3.8, 4) is 0 Å². The van der Waals surface area contributed by atoms with Crippen molar-refractivity contribution in [2.45, 2.75) is 25.5 Å². The smallest absolute Gasteiger partial charge is 0.462 e. The fourth-order valence-corrected chi connectivity index (χ4v) is 1.24. The molecular formula is C8H11BO6. The molecule has 1 fully saturated rings. The molecule has 1 aliphatic heterocycles. The Bertz CT molecular complexity index is 267. The molecule has 0 aliphatic carbocycles. The molecule has 1 aliphatic rings. The molecule has 0 aromatic heterocycles. The maximum atomic E-state index is 10.6. The van der Waals surface area contributed by atoms with E-state index in [9.17, 15) is 9.59 Å². The lowest BCUT2D eigenvalue weighted by molar-refractivity contribution is -0.156. The van der Waals surface area contributed by atoms with Gasteiger partial charge in [0.05, 0.1) is 0 Å². The summed E-state index contributed by atoms with van der Waals surface area (Å²) in [6.07, 6.45) is 0.935. The molecule has 0 aromatic rings. The second-order valence-corrected chi connectivity index (χ2v) is 3.02. The van der Waals surface area contributed by atoms with Crippen molar-refractivity contribution in [2.75, 3.05) is 0 Å². The molecule has 15 heavy (non-hydrogen) atoms. The highest BCUT2D eigenvalue weighted by molar-refractivity contribution is 6.46. The number of hydrogen-bond acceptors (Lipinski definition) is 4. The minimum atomic E-state index is -1.43. The standard InChI is InChI=1S/C8H11BO6/c1-2-3-4-9-14-5(7(10)11)6(15-9)8(12)13/h2-3,5-6H,4H2,1H3,(H,10,11)(H,12,13)/b3-2-/t5-,6-/m0/s1. The van der Waals surface area contributed by atoms with Gasteiger partial charge in [0.25, 0.3) is 0 Å². The largest absolute Gasteiger partial charge is 0.479 e. The quantitative estimate of drug-likeness (QED) is 0.505. The van der Waals surface area contributed by atoms with Gasteiger partial charge in [-0.1, -0.05) is 12.2 Å². The Kier molecular flexibility index (Phi) is 3.87. The van der Waals surface area contributed by atoms with Gasteiger partial charge in [-0.15, -0.1) is 0 Å². The second-order valence-electron chi connectivity index (χ2n) is 3.02. The van der Waals surface area contributed by atoms with Gasteiger partial charge in [0, 0.05) is 6.32 Å². The van der Waals surface area contributed by atoms with Gasteiger partial charge in [-0.25, -0.2) is 9.59 Å². The highest BCUT2D eigenvalue weighted by Crippen LogP contribution is 2.20. The summed E-state index contributed by atoms with van der Waals surface area (Å²) in [6.45, 7) is 1.79. The van der Waals surface area contributed by atoms with Gasteiger partial charge in [-0.05, 0) is 6.92 Å². The van der Waals surface area contributed by atoms with Gasteiger partial charge in [0.15, 0.2) is 12.2 Å². The maximum absolute atomic E-state index is 10.6. The van der Waals surface area contributed by atoms with Gasteiger partial charge >= 0.3 is 19.1 Å². The van der Waals surface area contributed by atoms with Crippen LogP contribution in [0.4, 0.5) is 0 Å². The van der Waals surface area contributed by atoms with Crippen LogP contribution in [-0.4, -0.2) is 41.5 Å². The van der Waals surface area contributed by atoms with Gasteiger partial charge < -0.3 is 19.5 Å². The first kappa shape index (κ1) is 11.7. The Hall–Kier alpha value is -1.34. The average Bonchev–Trinajstić information content (AvgIpc) is 2.58. The third-order valence-electron chi connectivity index (χ3n) is 1.92. The Labute approximate surface area is 86.6 Å². The summed E-state index contributed by atoms with van der Waals surface area (Å²) in [5.74, 6) is -2.66. The Morgan fingerprint density at radius 3 is 2.07 bits per heavy atom. The van der Waals surface area contributed by atoms with E-state index in [1.807, 2.05) is 0 Å². The molecule has 1 saturated heterocycles. The van der Waals surface area contributed by atoms with Crippen LogP contribution in [0.3, 0.4) is 0 Å². The number of carboxylic acids is 2. The molecule has 0 spiro atoms. The van der Waals surface area contributed by atoms with E-state index >= 15 is 0 Å². The van der Waals surface area contributed by atoms with Crippen LogP contribution in [0.2, 0.25) is 6.32 Å². The first-order chi connectivity index (χ1) is 7.06. The van der Waals surface area contributed by atoms with Gasteiger partial charge in [-0.3, -0.25) is 0 Å². The molecule has 0 aromatic carbocycles. The van der Waals surface area contributed by atoms with Gasteiger partial charge in [-0.2, -0.15) is 0 Å². The Balaban J connectivity index is 2.65. The van der Waals surface area contributed by atoms with E-state index in [4.69, 9.17) is 19.5 Å². The second kappa shape index (κ2) is 4.95. The molecule has 0 saturated carbocycles. The third kappa shape index (κ3) is 2.80. The minimum Gasteiger partial charge on any atom is -0.479 e. The van der Waals surface area contributed by atoms with Crippen LogP contribution < -0.4 is 0 Å². The number of rotatable bonds is 4. The average molecular weight is 214 g/mol. The summed E-state index contributed by atoms with van der Waals surface area (Å²) in [6, 6.07) is 0. The van der Waals surface area contributed by atoms with Crippen LogP contribution >= 0.6 is 0 Å². The molecule has 0 unspecified atom stereocenters. The lowest BCUT2D eigenvalue weighted by Gasteiger charge is -2.08. The fraction of sp³-hybridized carbons (Fsp3) is 0.500. The van der Waals surface area contributed by atoms with Gasteiger partial charge in [0.1, 0.15) is 0 Å². The first-order valence-electron chi connectivity index (χ1n) is 4.44. The van der Waals surface area contributed by atoms with E-state index in [0.717, 1.165) is 0 Å². The predicted molar refractivity (Wildman–Crippen MR) is 50.4 cm³/mol. The van der Waals surface area contributed by atoms with Crippen LogP contribution in [0.15, 0.2) is 12.2 Å². The first-order valence-corrected chi connectivity index (χ1v) is 4.44. The number of hydrogen-bond donors (Lipinski definition) is 2. The highest BCUT2D eigenvalue weighted by atomic mass is 16.7. The minimum absolute atomic E-state index is 0.337. The molecule has 6 nitrogen and oxygen atoms in total. The zero-order valence-electron chi connectivity index (χ0n) is 8.12. The van der Waals surface area contributed by atoms with E-state index in [2.05, 4.69) is 0 Å². The summed E-state index contributed by atoms with van der Waals surface area (Å²) in [5, 5.41) is 17.4. The summed E-state index contributed by atoms with van der Waals surface area (Å²) in [5.41, 5.74) is 0. The molecule has 1 heterocycles. The Morgan fingerprint density at radius 1 is 1.27 bits per heavy atom. The topological polar surface area (TPSA) is 93.1 Å². The van der Waals surface area contributed by atoms with Crippen molar-refractivity contribution in [3.63, 3.8) is 0 Å². The summed E-state index contributed by atoms with van der Waals surface area (Å²) < 4.78 is 9.89. The summed E-state index contributed by atoms with van der Waals surface area (Å²) >= 11 is 0. The van der Waals surface area contributed by atoms with Gasteiger partial charge in [0.2, 0.25) is 0 Å². The zero-order valence-corrected chi connectivity index (χ0v) is 8.12. The third-order valence-corrected chi connectivity index (χ3v) is 1.92. The number of aliphatic carboxylic acids is 2. The lowest BCUT2D eigenvalue weighted by atomic mass is 9.85. The van der Waals surface area contributed by atoms with Crippen LogP contribution in [0.1, 0.15) is 6.92 Å². The molecule has 1 rings (SSSR count). The van der Waals surface area contributed by atoms with E-state index in [1.165, 1.54) is 0 Å². The van der Waals surface area contributed by atoms with Crippen molar-refractivity contribution in [1.82, 2.24) is 0 Å². The zero-order chi connectivity index (χ0) is 11.4. The van der Waals surface area contributed by atoms with Crippen molar-refractivity contribution in [2.24, 2.45) is 0 Å². The normalized spacial score (nSPS) is 26.1. The van der Waals surface area contributed by atoms with Crippen molar-refractivity contribution < 1.29 is 29.1 Å². The van der Waals surface area contributed by atoms with Crippen LogP contribution in [0.25, 0.3) is 0 Å². The number of carbonyl (C=O) groups is 2. The van der Waals surface area contributed by atoms with Crippen molar-refractivity contribution >= 4 is 19.1 Å². The van der Waals surface area contributed by atoms with E-state index in [0.29, 0.717) is 6.32 Å². The monoisotopic (exact) mass is 214 g/mol. The SMILES string of the molecule is C/C=C\CB1O[C@H](C(=O)O)[C@@H](C(=O)O)O1. The van der Waals surface area contributed by atoms with E-state index in [-0.39, 0.29) is 0 Å². The molecule has 0 amide bonds. The van der Waals surface area contributed by atoms with Crippen molar-refractivity contribution in [1.29, 1.82) is 0 Å². The maximum Gasteiger partial charge on any atom is 0.462 e. The number of carboxylic acid groups (broad SMARTS) is 2. The van der Waals surface area contributed by atoms with E-state index < -0.39 is 31.3 Å². The molecule has 7 heteroatoms. The van der Waals surface area contributed by atoms with Crippen LogP contribution in [0.5, 0.6) is 0 Å². The molecule has 0 bridgehead atoms. The highest BCUT2D eigenvalue weighted by Gasteiger charge is 2.47. The molecular weight excluding hydrogens is 203 g/mol. The van der Waals surface area contributed by atoms with Crippen molar-refractivity contribution in [3.05, 3.63) is 12.2 Å². The van der Waals surface area contributed by atoms with Crippen LogP contribution in [0, 0.1) is 0 Å². The Morgan fingerprint density at radius 2 is 1.73 bits per heavy atom. The lowest BCUT2D eigenvalue weighted by Crippen LogP contribution is -2.36. The molecule has 2 atom stereocenters. The molecule has 82 valence electrons. The fourth-order valence-electron chi connectivity index (χ4n) is 1.24. The summed E-state index contributed by atoms with van der Waals surface area (Å²) in [7, 11) is -0.802. The molecule has 2 N–H and O–H groups in total. The summed E-state index contributed by atoms with van der Waals surface area (Å²) in [4.78, 5) is 21.3.